The molecule has 0 fully saturated rings. The molecule has 0 aliphatic heterocycles. The summed E-state index contributed by atoms with van der Waals surface area (Å²) < 4.78 is -0.555. The fourth-order valence-electron chi connectivity index (χ4n) is 1.61. The quantitative estimate of drug-likeness (QED) is 0.630. The molecule has 2 rings (SSSR count). The number of carbonyl (C=O) groups is 2. The second-order valence-electron chi connectivity index (χ2n) is 3.86. The number of ketones is 2. The molecule has 0 bridgehead atoms. The first-order valence-electron chi connectivity index (χ1n) is 5.17. The molecule has 0 aliphatic carbocycles. The number of aryl methyl sites for hydroxylation is 1. The van der Waals surface area contributed by atoms with Crippen molar-refractivity contribution in [1.82, 2.24) is 4.57 Å². The minimum absolute atomic E-state index is 0.158. The average molecular weight is 337 g/mol. The number of alkyl halides is 3. The van der Waals surface area contributed by atoms with E-state index in [-0.39, 0.29) is 11.5 Å². The number of rotatable bonds is 3. The monoisotopic (exact) mass is 335 g/mol. The van der Waals surface area contributed by atoms with Crippen LogP contribution in [0.25, 0.3) is 0 Å². The Morgan fingerprint density at radius 2 is 2.00 bits per heavy atom. The number of thiophene rings is 1. The number of halogens is 3. The van der Waals surface area contributed by atoms with Crippen LogP contribution in [0.4, 0.5) is 0 Å². The Bertz CT molecular complexity index is 626. The van der Waals surface area contributed by atoms with Gasteiger partial charge in [0, 0.05) is 18.8 Å². The lowest BCUT2D eigenvalue weighted by Crippen LogP contribution is -2.21. The van der Waals surface area contributed by atoms with Gasteiger partial charge in [0.15, 0.2) is 0 Å². The van der Waals surface area contributed by atoms with Crippen molar-refractivity contribution in [3.63, 3.8) is 0 Å². The van der Waals surface area contributed by atoms with E-state index in [4.69, 9.17) is 34.8 Å². The molecule has 2 aromatic rings. The molecule has 0 atom stereocenters. The van der Waals surface area contributed by atoms with Gasteiger partial charge in [-0.05, 0) is 17.5 Å². The number of carbonyl (C=O) groups excluding carboxylic acids is 2. The fraction of sp³-hybridized carbons (Fsp3) is 0.167. The summed E-state index contributed by atoms with van der Waals surface area (Å²) in [5.41, 5.74) is 0.572. The highest BCUT2D eigenvalue weighted by Crippen LogP contribution is 2.31. The van der Waals surface area contributed by atoms with Crippen LogP contribution in [0.5, 0.6) is 0 Å². The lowest BCUT2D eigenvalue weighted by molar-refractivity contribution is 0.0988. The summed E-state index contributed by atoms with van der Waals surface area (Å²) in [5.74, 6) is -0.820. The summed E-state index contributed by atoms with van der Waals surface area (Å²) in [6.45, 7) is 0. The maximum atomic E-state index is 12.1. The summed E-state index contributed by atoms with van der Waals surface area (Å²) >= 11 is 18.0. The van der Waals surface area contributed by atoms with Crippen molar-refractivity contribution in [2.75, 3.05) is 0 Å². The summed E-state index contributed by atoms with van der Waals surface area (Å²) in [7, 11) is 1.62. The lowest BCUT2D eigenvalue weighted by Gasteiger charge is -2.09. The molecule has 100 valence electrons. The summed E-state index contributed by atoms with van der Waals surface area (Å²) in [5, 5.41) is 1.81. The molecule has 2 aromatic heterocycles. The van der Waals surface area contributed by atoms with Crippen LogP contribution in [0.3, 0.4) is 0 Å². The molecule has 0 saturated carbocycles. The standard InChI is InChI=1S/C12H8Cl3NO2S/c1-16-6-7(10(17)9-3-2-4-19-9)5-8(16)11(18)12(13,14)15/h2-6H,1H3. The van der Waals surface area contributed by atoms with Gasteiger partial charge in [-0.15, -0.1) is 11.3 Å². The highest BCUT2D eigenvalue weighted by molar-refractivity contribution is 7.12. The van der Waals surface area contributed by atoms with Crippen molar-refractivity contribution >= 4 is 57.7 Å². The van der Waals surface area contributed by atoms with E-state index in [1.165, 1.54) is 22.0 Å². The molecule has 0 saturated heterocycles. The highest BCUT2D eigenvalue weighted by atomic mass is 35.6. The first-order valence-corrected chi connectivity index (χ1v) is 7.18. The van der Waals surface area contributed by atoms with Crippen molar-refractivity contribution in [2.24, 2.45) is 7.05 Å². The van der Waals surface area contributed by atoms with Gasteiger partial charge in [-0.25, -0.2) is 0 Å². The molecular weight excluding hydrogens is 329 g/mol. The van der Waals surface area contributed by atoms with E-state index in [0.717, 1.165) is 0 Å². The van der Waals surface area contributed by atoms with Gasteiger partial charge < -0.3 is 4.57 Å². The molecular formula is C12H8Cl3NO2S. The van der Waals surface area contributed by atoms with Crippen LogP contribution in [0.1, 0.15) is 25.7 Å². The fourth-order valence-corrected chi connectivity index (χ4v) is 2.59. The van der Waals surface area contributed by atoms with Gasteiger partial charge in [0.05, 0.1) is 10.6 Å². The third kappa shape index (κ3) is 3.03. The molecule has 0 aromatic carbocycles. The smallest absolute Gasteiger partial charge is 0.255 e. The molecule has 19 heavy (non-hydrogen) atoms. The van der Waals surface area contributed by atoms with Crippen molar-refractivity contribution in [3.05, 3.63) is 45.9 Å². The molecule has 2 heterocycles. The Kier molecular flexibility index (Phi) is 4.06. The Labute approximate surface area is 128 Å². The van der Waals surface area contributed by atoms with E-state index in [1.54, 1.807) is 25.4 Å². The number of hydrogen-bond donors (Lipinski definition) is 0. The van der Waals surface area contributed by atoms with Gasteiger partial charge in [-0.1, -0.05) is 40.9 Å². The second-order valence-corrected chi connectivity index (χ2v) is 7.09. The van der Waals surface area contributed by atoms with Crippen LogP contribution in [0.2, 0.25) is 0 Å². The average Bonchev–Trinajstić information content (AvgIpc) is 2.94. The Morgan fingerprint density at radius 1 is 1.32 bits per heavy atom. The van der Waals surface area contributed by atoms with Gasteiger partial charge >= 0.3 is 0 Å². The lowest BCUT2D eigenvalue weighted by atomic mass is 10.1. The van der Waals surface area contributed by atoms with Gasteiger partial charge in [0.25, 0.3) is 3.79 Å². The Hall–Kier alpha value is -0.810. The van der Waals surface area contributed by atoms with Gasteiger partial charge in [0.2, 0.25) is 11.6 Å². The minimum atomic E-state index is -2.03. The van der Waals surface area contributed by atoms with Crippen LogP contribution in [0.15, 0.2) is 29.8 Å². The highest BCUT2D eigenvalue weighted by Gasteiger charge is 2.34. The van der Waals surface area contributed by atoms with Crippen molar-refractivity contribution in [2.45, 2.75) is 3.79 Å². The van der Waals surface area contributed by atoms with E-state index in [9.17, 15) is 9.59 Å². The van der Waals surface area contributed by atoms with E-state index in [0.29, 0.717) is 10.4 Å². The summed E-state index contributed by atoms with van der Waals surface area (Å²) in [6, 6.07) is 4.94. The van der Waals surface area contributed by atoms with Gasteiger partial charge in [-0.3, -0.25) is 9.59 Å². The van der Waals surface area contributed by atoms with Crippen molar-refractivity contribution in [3.8, 4) is 0 Å². The molecule has 0 N–H and O–H groups in total. The predicted molar refractivity (Wildman–Crippen MR) is 77.8 cm³/mol. The van der Waals surface area contributed by atoms with Gasteiger partial charge in [-0.2, -0.15) is 0 Å². The first kappa shape index (κ1) is 14.6. The van der Waals surface area contributed by atoms with Crippen LogP contribution in [-0.2, 0) is 7.05 Å². The largest absolute Gasteiger partial charge is 0.347 e. The molecule has 3 nitrogen and oxygen atoms in total. The SMILES string of the molecule is Cn1cc(C(=O)c2cccs2)cc1C(=O)C(Cl)(Cl)Cl. The zero-order valence-corrected chi connectivity index (χ0v) is 12.8. The molecule has 0 aliphatic rings. The molecule has 0 spiro atoms. The van der Waals surface area contributed by atoms with Crippen LogP contribution in [0, 0.1) is 0 Å². The maximum Gasteiger partial charge on any atom is 0.255 e. The molecule has 0 amide bonds. The van der Waals surface area contributed by atoms with E-state index in [2.05, 4.69) is 0 Å². The van der Waals surface area contributed by atoms with Crippen molar-refractivity contribution in [1.29, 1.82) is 0 Å². The minimum Gasteiger partial charge on any atom is -0.347 e. The normalized spacial score (nSPS) is 11.6. The van der Waals surface area contributed by atoms with E-state index >= 15 is 0 Å². The van der Waals surface area contributed by atoms with Crippen LogP contribution < -0.4 is 0 Å². The zero-order valence-electron chi connectivity index (χ0n) is 9.69. The third-order valence-corrected chi connectivity index (χ3v) is 3.89. The van der Waals surface area contributed by atoms with Gasteiger partial charge in [0.1, 0.15) is 0 Å². The number of hydrogen-bond acceptors (Lipinski definition) is 3. The third-order valence-electron chi connectivity index (χ3n) is 2.50. The zero-order chi connectivity index (χ0) is 14.2. The van der Waals surface area contributed by atoms with E-state index < -0.39 is 9.58 Å². The van der Waals surface area contributed by atoms with E-state index in [1.807, 2.05) is 5.38 Å². The summed E-state index contributed by atoms with van der Waals surface area (Å²) in [6.07, 6.45) is 1.55. The second kappa shape index (κ2) is 5.29. The molecule has 0 radical (unpaired) electrons. The van der Waals surface area contributed by atoms with Crippen molar-refractivity contribution < 1.29 is 9.59 Å². The number of nitrogens with zero attached hydrogens (tertiary/aromatic N) is 1. The van der Waals surface area contributed by atoms with Crippen LogP contribution >= 0.6 is 46.1 Å². The molecule has 7 heteroatoms. The first-order chi connectivity index (χ1) is 8.80. The predicted octanol–water partition coefficient (Wildman–Crippen LogP) is 3.87. The number of Topliss-reactive ketones (excluding diaryl/α,β-unsaturated/α-hetero) is 1. The Morgan fingerprint density at radius 3 is 2.53 bits per heavy atom. The summed E-state index contributed by atoms with van der Waals surface area (Å²) in [4.78, 5) is 24.6. The number of aromatic nitrogens is 1. The molecule has 0 unspecified atom stereocenters. The Balaban J connectivity index is 2.37. The van der Waals surface area contributed by atoms with Crippen LogP contribution in [-0.4, -0.2) is 19.9 Å². The topological polar surface area (TPSA) is 39.1 Å². The maximum absolute atomic E-state index is 12.1.